The number of methoxy groups -OCH3 is 6. The molecule has 2 amide bonds. The van der Waals surface area contributed by atoms with Crippen LogP contribution in [0.3, 0.4) is 0 Å². The number of carbonyl (C=O) groups is 2. The summed E-state index contributed by atoms with van der Waals surface area (Å²) >= 11 is 0. The fourth-order valence-electron chi connectivity index (χ4n) is 4.31. The van der Waals surface area contributed by atoms with Crippen LogP contribution in [0.15, 0.2) is 48.5 Å². The van der Waals surface area contributed by atoms with Crippen molar-refractivity contribution in [3.8, 4) is 34.5 Å². The van der Waals surface area contributed by atoms with E-state index in [4.69, 9.17) is 28.4 Å². The lowest BCUT2D eigenvalue weighted by Gasteiger charge is -2.13. The number of hydrogen-bond donors (Lipinski definition) is 2. The predicted octanol–water partition coefficient (Wildman–Crippen LogP) is 4.88. The van der Waals surface area contributed by atoms with Crippen LogP contribution >= 0.6 is 0 Å². The average Bonchev–Trinajstić information content (AvgIpc) is 3.28. The van der Waals surface area contributed by atoms with E-state index in [1.54, 1.807) is 54.6 Å². The van der Waals surface area contributed by atoms with E-state index in [1.807, 2.05) is 0 Å². The first kappa shape index (κ1) is 27.9. The van der Waals surface area contributed by atoms with Crippen LogP contribution in [0.4, 0.5) is 11.4 Å². The van der Waals surface area contributed by atoms with Crippen LogP contribution in [0.1, 0.15) is 16.7 Å². The van der Waals surface area contributed by atoms with E-state index in [9.17, 15) is 9.59 Å². The number of nitrogens with one attached hydrogen (secondary N) is 2. The lowest BCUT2D eigenvalue weighted by molar-refractivity contribution is -0.112. The Labute approximate surface area is 232 Å². The first-order valence-electron chi connectivity index (χ1n) is 12.1. The summed E-state index contributed by atoms with van der Waals surface area (Å²) in [5.41, 5.74) is 3.58. The average molecular weight is 547 g/mol. The first-order chi connectivity index (χ1) is 19.3. The zero-order valence-corrected chi connectivity index (χ0v) is 23.0. The van der Waals surface area contributed by atoms with Crippen LogP contribution in [0.2, 0.25) is 0 Å². The number of rotatable bonds is 10. The molecule has 0 aliphatic carbocycles. The Bertz CT molecular complexity index is 1460. The Hall–Kier alpha value is -5.12. The highest BCUT2D eigenvalue weighted by atomic mass is 16.5. The Kier molecular flexibility index (Phi) is 8.48. The quantitative estimate of drug-likeness (QED) is 0.346. The van der Waals surface area contributed by atoms with Gasteiger partial charge in [-0.2, -0.15) is 0 Å². The number of hydrogen-bond acceptors (Lipinski definition) is 8. The lowest BCUT2D eigenvalue weighted by Crippen LogP contribution is -2.07. The van der Waals surface area contributed by atoms with E-state index in [-0.39, 0.29) is 11.8 Å². The fourth-order valence-corrected chi connectivity index (χ4v) is 4.31. The van der Waals surface area contributed by atoms with Crippen LogP contribution < -0.4 is 39.1 Å². The second-order valence-corrected chi connectivity index (χ2v) is 8.51. The second-order valence-electron chi connectivity index (χ2n) is 8.51. The summed E-state index contributed by atoms with van der Waals surface area (Å²) in [5.74, 6) is 2.17. The van der Waals surface area contributed by atoms with Gasteiger partial charge in [-0.25, -0.2) is 0 Å². The molecule has 3 aromatic carbocycles. The van der Waals surface area contributed by atoms with Crippen LogP contribution in [-0.2, 0) is 9.59 Å². The van der Waals surface area contributed by atoms with Gasteiger partial charge in [-0.1, -0.05) is 0 Å². The molecule has 0 bridgehead atoms. The van der Waals surface area contributed by atoms with Gasteiger partial charge in [0.15, 0.2) is 23.0 Å². The molecule has 0 unspecified atom stereocenters. The Morgan fingerprint density at radius 2 is 1.25 bits per heavy atom. The molecule has 0 saturated heterocycles. The van der Waals surface area contributed by atoms with Gasteiger partial charge in [0.2, 0.25) is 17.4 Å². The maximum absolute atomic E-state index is 12.8. The molecule has 208 valence electrons. The Balaban J connectivity index is 1.59. The van der Waals surface area contributed by atoms with Crippen LogP contribution in [0.25, 0.3) is 17.7 Å². The third kappa shape index (κ3) is 5.65. The second kappa shape index (κ2) is 12.2. The Morgan fingerprint density at radius 3 is 1.75 bits per heavy atom. The van der Waals surface area contributed by atoms with E-state index in [2.05, 4.69) is 10.6 Å². The molecule has 2 N–H and O–H groups in total. The summed E-state index contributed by atoms with van der Waals surface area (Å²) in [6.45, 7) is 0. The van der Waals surface area contributed by atoms with Gasteiger partial charge in [-0.3, -0.25) is 9.59 Å². The van der Waals surface area contributed by atoms with Crippen molar-refractivity contribution in [1.82, 2.24) is 0 Å². The highest BCUT2D eigenvalue weighted by Crippen LogP contribution is 2.41. The van der Waals surface area contributed by atoms with E-state index < -0.39 is 0 Å². The van der Waals surface area contributed by atoms with Gasteiger partial charge in [0, 0.05) is 28.6 Å². The van der Waals surface area contributed by atoms with E-state index in [1.165, 1.54) is 48.7 Å². The van der Waals surface area contributed by atoms with Crippen LogP contribution in [-0.4, -0.2) is 54.5 Å². The van der Waals surface area contributed by atoms with Crippen LogP contribution in [0.5, 0.6) is 34.5 Å². The molecule has 0 aromatic heterocycles. The summed E-state index contributed by atoms with van der Waals surface area (Å²) in [7, 11) is 9.14. The first-order valence-corrected chi connectivity index (χ1v) is 12.1. The van der Waals surface area contributed by atoms with Gasteiger partial charge in [0.05, 0.1) is 42.7 Å². The molecule has 0 spiro atoms. The molecule has 10 heteroatoms. The number of carbonyl (C=O) groups excluding carboxylic acids is 2. The molecule has 10 nitrogen and oxygen atoms in total. The van der Waals surface area contributed by atoms with Crippen molar-refractivity contribution >= 4 is 40.9 Å². The molecular weight excluding hydrogens is 516 g/mol. The fraction of sp³-hybridized carbons (Fsp3) is 0.200. The normalized spacial score (nSPS) is 13.1. The lowest BCUT2D eigenvalue weighted by atomic mass is 10.0. The topological polar surface area (TPSA) is 114 Å². The minimum Gasteiger partial charge on any atom is -0.493 e. The minimum absolute atomic E-state index is 0.269. The zero-order chi connectivity index (χ0) is 28.8. The van der Waals surface area contributed by atoms with Crippen molar-refractivity contribution in [3.63, 3.8) is 0 Å². The third-order valence-electron chi connectivity index (χ3n) is 6.18. The largest absolute Gasteiger partial charge is 0.493 e. The summed E-state index contributed by atoms with van der Waals surface area (Å²) in [4.78, 5) is 25.6. The summed E-state index contributed by atoms with van der Waals surface area (Å²) < 4.78 is 32.3. The van der Waals surface area contributed by atoms with Gasteiger partial charge in [-0.15, -0.1) is 0 Å². The smallest absolute Gasteiger partial charge is 0.256 e. The molecule has 3 aromatic rings. The van der Waals surface area contributed by atoms with Gasteiger partial charge in [-0.05, 0) is 65.7 Å². The monoisotopic (exact) mass is 546 g/mol. The standard InChI is InChI=1S/C30H30N2O8/c1-35-23-12-17(13-24(36-2)28(23)39-5)7-10-27(33)31-19-8-9-22-20(16-19)21(30(34)32-22)11-18-14-25(37-3)29(40-6)26(15-18)38-4/h7-16H,1-6H3,(H,31,33)(H,32,34)/b10-7+,21-11+. The van der Waals surface area contributed by atoms with Crippen molar-refractivity contribution in [2.24, 2.45) is 0 Å². The number of ether oxygens (including phenoxy) is 6. The van der Waals surface area contributed by atoms with Crippen molar-refractivity contribution in [2.75, 3.05) is 53.3 Å². The van der Waals surface area contributed by atoms with Crippen LogP contribution in [0, 0.1) is 0 Å². The van der Waals surface area contributed by atoms with Gasteiger partial charge >= 0.3 is 0 Å². The zero-order valence-electron chi connectivity index (χ0n) is 23.0. The van der Waals surface area contributed by atoms with Crippen molar-refractivity contribution < 1.29 is 38.0 Å². The SMILES string of the molecule is COc1cc(/C=C/C(=O)Nc2ccc3c(c2)/C(=C\c2cc(OC)c(OC)c(OC)c2)C(=O)N3)cc(OC)c1OC. The highest BCUT2D eigenvalue weighted by Gasteiger charge is 2.25. The van der Waals surface area contributed by atoms with Gasteiger partial charge < -0.3 is 39.1 Å². The van der Waals surface area contributed by atoms with E-state index in [0.29, 0.717) is 68.1 Å². The molecule has 1 aliphatic heterocycles. The van der Waals surface area contributed by atoms with E-state index >= 15 is 0 Å². The molecule has 0 radical (unpaired) electrons. The summed E-state index contributed by atoms with van der Waals surface area (Å²) in [6.07, 6.45) is 4.75. The molecule has 4 rings (SSSR count). The molecule has 40 heavy (non-hydrogen) atoms. The molecule has 0 saturated carbocycles. The van der Waals surface area contributed by atoms with Gasteiger partial charge in [0.25, 0.3) is 5.91 Å². The number of fused-ring (bicyclic) bond motifs is 1. The van der Waals surface area contributed by atoms with E-state index in [0.717, 1.165) is 0 Å². The molecular formula is C30H30N2O8. The molecule has 0 fully saturated rings. The maximum Gasteiger partial charge on any atom is 0.256 e. The van der Waals surface area contributed by atoms with Gasteiger partial charge in [0.1, 0.15) is 0 Å². The molecule has 0 atom stereocenters. The number of benzene rings is 3. The Morgan fingerprint density at radius 1 is 0.725 bits per heavy atom. The van der Waals surface area contributed by atoms with Crippen molar-refractivity contribution in [2.45, 2.75) is 0 Å². The van der Waals surface area contributed by atoms with Crippen molar-refractivity contribution in [1.29, 1.82) is 0 Å². The number of amides is 2. The summed E-state index contributed by atoms with van der Waals surface area (Å²) in [5, 5.41) is 5.69. The highest BCUT2D eigenvalue weighted by molar-refractivity contribution is 6.35. The minimum atomic E-state index is -0.360. The predicted molar refractivity (Wildman–Crippen MR) is 153 cm³/mol. The van der Waals surface area contributed by atoms with Crippen molar-refractivity contribution in [3.05, 3.63) is 65.2 Å². The molecule has 1 heterocycles. The molecule has 1 aliphatic rings. The maximum atomic E-state index is 12.8. The third-order valence-corrected chi connectivity index (χ3v) is 6.18. The summed E-state index contributed by atoms with van der Waals surface area (Å²) in [6, 6.07) is 12.2. The number of anilines is 2.